The van der Waals surface area contributed by atoms with E-state index in [4.69, 9.17) is 9.84 Å². The lowest BCUT2D eigenvalue weighted by Crippen LogP contribution is -2.17. The first kappa shape index (κ1) is 23.1. The molecule has 3 rings (SSSR count). The minimum absolute atomic E-state index is 0.00303. The molecule has 0 amide bonds. The van der Waals surface area contributed by atoms with Crippen molar-refractivity contribution in [1.29, 1.82) is 0 Å². The lowest BCUT2D eigenvalue weighted by Gasteiger charge is -2.15. The fourth-order valence-corrected chi connectivity index (χ4v) is 5.33. The number of carboxylic acid groups (broad SMARTS) is 1. The lowest BCUT2D eigenvalue weighted by atomic mass is 10.2. The van der Waals surface area contributed by atoms with Crippen LogP contribution in [0.1, 0.15) is 15.9 Å². The molecule has 0 aliphatic heterocycles. The summed E-state index contributed by atoms with van der Waals surface area (Å²) in [6, 6.07) is 15.4. The summed E-state index contributed by atoms with van der Waals surface area (Å²) >= 11 is 0. The summed E-state index contributed by atoms with van der Waals surface area (Å²) in [7, 11) is -6.83. The van der Waals surface area contributed by atoms with Gasteiger partial charge in [0.05, 0.1) is 33.8 Å². The third-order valence-corrected chi connectivity index (χ3v) is 7.36. The summed E-state index contributed by atoms with van der Waals surface area (Å²) in [5.74, 6) is -0.947. The number of rotatable bonds is 8. The molecule has 0 aliphatic carbocycles. The summed E-state index contributed by atoms with van der Waals surface area (Å²) in [6.45, 7) is 1.57. The van der Waals surface area contributed by atoms with Crippen LogP contribution in [0.2, 0.25) is 0 Å². The minimum Gasteiger partial charge on any atom is -0.495 e. The van der Waals surface area contributed by atoms with E-state index < -0.39 is 26.0 Å². The van der Waals surface area contributed by atoms with E-state index in [9.17, 15) is 21.6 Å². The Kier molecular flexibility index (Phi) is 6.42. The summed E-state index contributed by atoms with van der Waals surface area (Å²) < 4.78 is 61.3. The second-order valence-corrected chi connectivity index (χ2v) is 10.1. The third kappa shape index (κ3) is 5.01. The van der Waals surface area contributed by atoms with E-state index in [2.05, 4.69) is 9.44 Å². The van der Waals surface area contributed by atoms with Crippen LogP contribution in [-0.4, -0.2) is 35.0 Å². The van der Waals surface area contributed by atoms with Crippen LogP contribution in [0.3, 0.4) is 0 Å². The average molecular weight is 477 g/mol. The molecule has 0 aliphatic rings. The number of ether oxygens (including phenoxy) is 1. The van der Waals surface area contributed by atoms with Crippen molar-refractivity contribution in [2.24, 2.45) is 0 Å². The molecule has 0 bridgehead atoms. The number of sulfonamides is 2. The van der Waals surface area contributed by atoms with Crippen molar-refractivity contribution in [3.63, 3.8) is 0 Å². The Balaban J connectivity index is 1.95. The molecule has 0 heterocycles. The quantitative estimate of drug-likeness (QED) is 0.453. The first-order valence-corrected chi connectivity index (χ1v) is 12.1. The number of carbonyl (C=O) groups is 1. The second kappa shape index (κ2) is 8.89. The van der Waals surface area contributed by atoms with E-state index >= 15 is 0 Å². The molecule has 32 heavy (non-hydrogen) atoms. The molecular formula is C21H20N2O7S2. The van der Waals surface area contributed by atoms with Crippen molar-refractivity contribution in [1.82, 2.24) is 0 Å². The van der Waals surface area contributed by atoms with Gasteiger partial charge in [0, 0.05) is 0 Å². The lowest BCUT2D eigenvalue weighted by molar-refractivity contribution is 0.0696. The number of nitrogens with one attached hydrogen (secondary N) is 2. The van der Waals surface area contributed by atoms with Gasteiger partial charge in [0.25, 0.3) is 20.0 Å². The normalized spacial score (nSPS) is 11.6. The van der Waals surface area contributed by atoms with E-state index in [-0.39, 0.29) is 26.7 Å². The van der Waals surface area contributed by atoms with Crippen LogP contribution in [0, 0.1) is 6.92 Å². The van der Waals surface area contributed by atoms with Gasteiger partial charge in [-0.15, -0.1) is 0 Å². The van der Waals surface area contributed by atoms with E-state index in [1.165, 1.54) is 49.6 Å². The first-order chi connectivity index (χ1) is 15.0. The smallest absolute Gasteiger partial charge is 0.335 e. The van der Waals surface area contributed by atoms with E-state index in [0.717, 1.165) is 6.07 Å². The Hall–Kier alpha value is -3.57. The van der Waals surface area contributed by atoms with Gasteiger partial charge < -0.3 is 9.84 Å². The first-order valence-electron chi connectivity index (χ1n) is 9.16. The zero-order chi connectivity index (χ0) is 23.5. The highest BCUT2D eigenvalue weighted by atomic mass is 32.2. The Morgan fingerprint density at radius 2 is 1.59 bits per heavy atom. The number of aromatic carboxylic acids is 1. The second-order valence-electron chi connectivity index (χ2n) is 6.72. The Morgan fingerprint density at radius 3 is 2.28 bits per heavy atom. The monoisotopic (exact) mass is 476 g/mol. The zero-order valence-electron chi connectivity index (χ0n) is 17.1. The highest BCUT2D eigenvalue weighted by molar-refractivity contribution is 7.93. The van der Waals surface area contributed by atoms with Crippen LogP contribution in [0.25, 0.3) is 0 Å². The van der Waals surface area contributed by atoms with Gasteiger partial charge in [-0.2, -0.15) is 0 Å². The number of para-hydroxylation sites is 2. The van der Waals surface area contributed by atoms with Gasteiger partial charge in [-0.05, 0) is 55.0 Å². The molecule has 168 valence electrons. The molecule has 0 saturated heterocycles. The van der Waals surface area contributed by atoms with Crippen LogP contribution >= 0.6 is 0 Å². The molecule has 0 radical (unpaired) electrons. The topological polar surface area (TPSA) is 139 Å². The number of aryl methyl sites for hydroxylation is 1. The Labute approximate surface area is 185 Å². The fraction of sp³-hybridized carbons (Fsp3) is 0.0952. The summed E-state index contributed by atoms with van der Waals surface area (Å²) in [5.41, 5.74) is 0.423. The molecule has 0 fully saturated rings. The van der Waals surface area contributed by atoms with Gasteiger partial charge in [-0.25, -0.2) is 21.6 Å². The summed E-state index contributed by atoms with van der Waals surface area (Å²) in [5, 5.41) is 9.08. The standard InChI is InChI=1S/C21H20N2O7S2/c1-14-10-11-16(22-31(26,27)17-7-5-6-15(12-17)21(24)25)13-20(14)32(28,29)23-18-8-3-4-9-19(18)30-2/h3-13,22-23H,1-2H3,(H,24,25). The van der Waals surface area contributed by atoms with Crippen LogP contribution in [0.15, 0.2) is 76.5 Å². The molecule has 9 nitrogen and oxygen atoms in total. The number of methoxy groups -OCH3 is 1. The van der Waals surface area contributed by atoms with E-state index in [0.29, 0.717) is 11.3 Å². The molecule has 3 N–H and O–H groups in total. The molecular weight excluding hydrogens is 456 g/mol. The number of hydrogen-bond acceptors (Lipinski definition) is 6. The van der Waals surface area contributed by atoms with Gasteiger partial charge >= 0.3 is 5.97 Å². The molecule has 0 aromatic heterocycles. The minimum atomic E-state index is -4.16. The van der Waals surface area contributed by atoms with E-state index in [1.54, 1.807) is 25.1 Å². The maximum absolute atomic E-state index is 13.0. The van der Waals surface area contributed by atoms with Crippen molar-refractivity contribution < 1.29 is 31.5 Å². The third-order valence-electron chi connectivity index (χ3n) is 4.47. The van der Waals surface area contributed by atoms with Crippen molar-refractivity contribution in [3.05, 3.63) is 77.9 Å². The van der Waals surface area contributed by atoms with Crippen molar-refractivity contribution >= 4 is 37.4 Å². The number of hydrogen-bond donors (Lipinski definition) is 3. The van der Waals surface area contributed by atoms with Crippen LogP contribution in [0.4, 0.5) is 11.4 Å². The molecule has 0 spiro atoms. The molecule has 3 aromatic carbocycles. The predicted molar refractivity (Wildman–Crippen MR) is 119 cm³/mol. The predicted octanol–water partition coefficient (Wildman–Crippen LogP) is 3.30. The highest BCUT2D eigenvalue weighted by Gasteiger charge is 2.22. The zero-order valence-corrected chi connectivity index (χ0v) is 18.7. The van der Waals surface area contributed by atoms with Gasteiger partial charge in [-0.3, -0.25) is 9.44 Å². The number of benzene rings is 3. The maximum Gasteiger partial charge on any atom is 0.335 e. The van der Waals surface area contributed by atoms with E-state index in [1.807, 2.05) is 0 Å². The highest BCUT2D eigenvalue weighted by Crippen LogP contribution is 2.29. The van der Waals surface area contributed by atoms with Crippen molar-refractivity contribution in [2.45, 2.75) is 16.7 Å². The molecule has 0 atom stereocenters. The summed E-state index contributed by atoms with van der Waals surface area (Å²) in [4.78, 5) is 10.7. The largest absolute Gasteiger partial charge is 0.495 e. The SMILES string of the molecule is COc1ccccc1NS(=O)(=O)c1cc(NS(=O)(=O)c2cccc(C(=O)O)c2)ccc1C. The Morgan fingerprint density at radius 1 is 0.875 bits per heavy atom. The Bertz CT molecular complexity index is 1380. The van der Waals surface area contributed by atoms with Crippen molar-refractivity contribution in [3.8, 4) is 5.75 Å². The molecule has 11 heteroatoms. The molecule has 0 unspecified atom stereocenters. The molecule has 0 saturated carbocycles. The van der Waals surface area contributed by atoms with Gasteiger partial charge in [-0.1, -0.05) is 24.3 Å². The average Bonchev–Trinajstić information content (AvgIpc) is 2.75. The number of carboxylic acids is 1. The van der Waals surface area contributed by atoms with Gasteiger partial charge in [0.2, 0.25) is 0 Å². The van der Waals surface area contributed by atoms with Gasteiger partial charge in [0.15, 0.2) is 0 Å². The summed E-state index contributed by atoms with van der Waals surface area (Å²) in [6.07, 6.45) is 0. The van der Waals surface area contributed by atoms with Crippen LogP contribution in [0.5, 0.6) is 5.75 Å². The van der Waals surface area contributed by atoms with Crippen molar-refractivity contribution in [2.75, 3.05) is 16.6 Å². The van der Waals surface area contributed by atoms with Gasteiger partial charge in [0.1, 0.15) is 5.75 Å². The van der Waals surface area contributed by atoms with Crippen LogP contribution < -0.4 is 14.2 Å². The number of anilines is 2. The fourth-order valence-electron chi connectivity index (χ4n) is 2.89. The molecule has 3 aromatic rings. The maximum atomic E-state index is 13.0. The van der Waals surface area contributed by atoms with Crippen LogP contribution in [-0.2, 0) is 20.0 Å².